The number of rotatable bonds is 1. The van der Waals surface area contributed by atoms with Crippen LogP contribution >= 0.6 is 0 Å². The first-order valence-corrected chi connectivity index (χ1v) is 3.79. The van der Waals surface area contributed by atoms with E-state index in [0.717, 1.165) is 0 Å². The van der Waals surface area contributed by atoms with Crippen LogP contribution in [0, 0.1) is 5.82 Å². The first kappa shape index (κ1) is 7.91. The third-order valence-electron chi connectivity index (χ3n) is 1.85. The van der Waals surface area contributed by atoms with Crippen molar-refractivity contribution in [2.45, 2.75) is 0 Å². The molecule has 0 atom stereocenters. The maximum absolute atomic E-state index is 13.2. The zero-order chi connectivity index (χ0) is 9.42. The van der Waals surface area contributed by atoms with E-state index in [9.17, 15) is 9.18 Å². The lowest BCUT2D eigenvalue weighted by Gasteiger charge is -1.91. The van der Waals surface area contributed by atoms with Gasteiger partial charge in [0.05, 0.1) is 10.9 Å². The van der Waals surface area contributed by atoms with Gasteiger partial charge >= 0.3 is 0 Å². The number of benzene rings is 1. The molecule has 0 bridgehead atoms. The molecule has 0 spiro atoms. The highest BCUT2D eigenvalue weighted by Crippen LogP contribution is 2.17. The van der Waals surface area contributed by atoms with Crippen LogP contribution in [-0.4, -0.2) is 16.1 Å². The fourth-order valence-electron chi connectivity index (χ4n) is 1.29. The van der Waals surface area contributed by atoms with Crippen LogP contribution in [-0.2, 0) is 7.05 Å². The Bertz CT molecular complexity index is 476. The lowest BCUT2D eigenvalue weighted by Crippen LogP contribution is -1.85. The first-order chi connectivity index (χ1) is 6.20. The van der Waals surface area contributed by atoms with Crippen molar-refractivity contribution in [3.8, 4) is 0 Å². The number of aryl methyl sites for hydroxylation is 1. The van der Waals surface area contributed by atoms with Crippen LogP contribution in [0.25, 0.3) is 10.9 Å². The average Bonchev–Trinajstić information content (AvgIpc) is 2.46. The van der Waals surface area contributed by atoms with Gasteiger partial charge in [-0.3, -0.25) is 9.48 Å². The van der Waals surface area contributed by atoms with Gasteiger partial charge in [-0.15, -0.1) is 0 Å². The third kappa shape index (κ3) is 1.20. The van der Waals surface area contributed by atoms with Crippen molar-refractivity contribution in [1.29, 1.82) is 0 Å². The lowest BCUT2D eigenvalue weighted by molar-refractivity contribution is 0.112. The van der Waals surface area contributed by atoms with Gasteiger partial charge in [0.2, 0.25) is 0 Å². The van der Waals surface area contributed by atoms with Crippen molar-refractivity contribution in [1.82, 2.24) is 9.78 Å². The molecule has 1 aromatic heterocycles. The average molecular weight is 178 g/mol. The summed E-state index contributed by atoms with van der Waals surface area (Å²) in [6, 6.07) is 2.77. The Labute approximate surface area is 73.8 Å². The van der Waals surface area contributed by atoms with E-state index in [-0.39, 0.29) is 0 Å². The summed E-state index contributed by atoms with van der Waals surface area (Å²) in [4.78, 5) is 10.4. The van der Waals surface area contributed by atoms with Gasteiger partial charge in [0.1, 0.15) is 12.1 Å². The van der Waals surface area contributed by atoms with E-state index < -0.39 is 5.82 Å². The molecular formula is C9H7FN2O. The highest BCUT2D eigenvalue weighted by molar-refractivity contribution is 5.86. The number of hydrogen-bond donors (Lipinski definition) is 0. The summed E-state index contributed by atoms with van der Waals surface area (Å²) in [5.41, 5.74) is 0.813. The van der Waals surface area contributed by atoms with Crippen molar-refractivity contribution in [2.75, 3.05) is 0 Å². The molecule has 2 aromatic rings. The summed E-state index contributed by atoms with van der Waals surface area (Å²) in [5, 5.41) is 4.44. The smallest absolute Gasteiger partial charge is 0.150 e. The van der Waals surface area contributed by atoms with E-state index in [1.54, 1.807) is 19.3 Å². The first-order valence-electron chi connectivity index (χ1n) is 3.79. The molecule has 0 fully saturated rings. The molecule has 0 aliphatic heterocycles. The minimum atomic E-state index is -0.410. The largest absolute Gasteiger partial charge is 0.298 e. The number of halogens is 1. The Balaban J connectivity index is 2.82. The molecule has 66 valence electrons. The molecule has 3 nitrogen and oxygen atoms in total. The molecule has 13 heavy (non-hydrogen) atoms. The molecule has 0 saturated heterocycles. The Kier molecular flexibility index (Phi) is 1.62. The molecular weight excluding hydrogens is 171 g/mol. The number of nitrogens with zero attached hydrogens (tertiary/aromatic N) is 2. The van der Waals surface area contributed by atoms with Crippen molar-refractivity contribution in [3.63, 3.8) is 0 Å². The number of aromatic nitrogens is 2. The van der Waals surface area contributed by atoms with Gasteiger partial charge in [0.25, 0.3) is 0 Å². The molecule has 0 amide bonds. The molecule has 0 N–H and O–H groups in total. The number of fused-ring (bicyclic) bond motifs is 1. The Morgan fingerprint density at radius 1 is 1.54 bits per heavy atom. The predicted octanol–water partition coefficient (Wildman–Crippen LogP) is 1.52. The van der Waals surface area contributed by atoms with Gasteiger partial charge < -0.3 is 0 Å². The summed E-state index contributed by atoms with van der Waals surface area (Å²) < 4.78 is 14.8. The maximum atomic E-state index is 13.2. The second kappa shape index (κ2) is 2.65. The molecule has 0 unspecified atom stereocenters. The molecule has 0 radical (unpaired) electrons. The van der Waals surface area contributed by atoms with E-state index in [0.29, 0.717) is 22.8 Å². The van der Waals surface area contributed by atoms with Crippen molar-refractivity contribution < 1.29 is 9.18 Å². The van der Waals surface area contributed by atoms with Gasteiger partial charge in [-0.1, -0.05) is 0 Å². The molecule has 0 aliphatic rings. The fraction of sp³-hybridized carbons (Fsp3) is 0.111. The van der Waals surface area contributed by atoms with Gasteiger partial charge in [0, 0.05) is 18.8 Å². The van der Waals surface area contributed by atoms with E-state index >= 15 is 0 Å². The van der Waals surface area contributed by atoms with Crippen molar-refractivity contribution >= 4 is 17.2 Å². The quantitative estimate of drug-likeness (QED) is 0.620. The zero-order valence-corrected chi connectivity index (χ0v) is 6.99. The van der Waals surface area contributed by atoms with Gasteiger partial charge in [-0.25, -0.2) is 4.39 Å². The highest BCUT2D eigenvalue weighted by atomic mass is 19.1. The molecule has 0 aliphatic carbocycles. The number of aldehydes is 1. The molecule has 2 rings (SSSR count). The van der Waals surface area contributed by atoms with Crippen LogP contribution in [0.5, 0.6) is 0 Å². The summed E-state index contributed by atoms with van der Waals surface area (Å²) >= 11 is 0. The summed E-state index contributed by atoms with van der Waals surface area (Å²) in [5.74, 6) is -0.410. The normalized spacial score (nSPS) is 10.6. The molecule has 0 saturated carbocycles. The lowest BCUT2D eigenvalue weighted by atomic mass is 10.2. The van der Waals surface area contributed by atoms with Crippen LogP contribution in [0.15, 0.2) is 18.3 Å². The summed E-state index contributed by atoms with van der Waals surface area (Å²) in [7, 11) is 1.71. The number of carbonyl (C=O) groups excluding carboxylic acids is 1. The van der Waals surface area contributed by atoms with Crippen LogP contribution in [0.4, 0.5) is 4.39 Å². The Morgan fingerprint density at radius 2 is 2.31 bits per heavy atom. The van der Waals surface area contributed by atoms with Crippen molar-refractivity contribution in [2.24, 2.45) is 7.05 Å². The third-order valence-corrected chi connectivity index (χ3v) is 1.85. The van der Waals surface area contributed by atoms with Crippen LogP contribution < -0.4 is 0 Å². The minimum Gasteiger partial charge on any atom is -0.298 e. The molecule has 1 heterocycles. The van der Waals surface area contributed by atoms with E-state index in [1.807, 2.05) is 0 Å². The van der Waals surface area contributed by atoms with E-state index in [1.165, 1.54) is 10.7 Å². The minimum absolute atomic E-state index is 0.309. The molecule has 4 heteroatoms. The number of hydrogen-bond acceptors (Lipinski definition) is 2. The summed E-state index contributed by atoms with van der Waals surface area (Å²) in [6.07, 6.45) is 2.19. The van der Waals surface area contributed by atoms with E-state index in [2.05, 4.69) is 5.10 Å². The fourth-order valence-corrected chi connectivity index (χ4v) is 1.29. The second-order valence-electron chi connectivity index (χ2n) is 2.86. The van der Waals surface area contributed by atoms with E-state index in [4.69, 9.17) is 0 Å². The zero-order valence-electron chi connectivity index (χ0n) is 6.99. The Hall–Kier alpha value is -1.71. The Morgan fingerprint density at radius 3 is 3.00 bits per heavy atom. The van der Waals surface area contributed by atoms with Crippen molar-refractivity contribution in [3.05, 3.63) is 29.7 Å². The van der Waals surface area contributed by atoms with Gasteiger partial charge in [-0.05, 0) is 12.1 Å². The van der Waals surface area contributed by atoms with Crippen LogP contribution in [0.3, 0.4) is 0 Å². The highest BCUT2D eigenvalue weighted by Gasteiger charge is 2.06. The van der Waals surface area contributed by atoms with Gasteiger partial charge in [0.15, 0.2) is 0 Å². The SMILES string of the molecule is Cn1cc2c(F)cc(C=O)cc2n1. The van der Waals surface area contributed by atoms with Crippen LogP contribution in [0.1, 0.15) is 10.4 Å². The van der Waals surface area contributed by atoms with Crippen LogP contribution in [0.2, 0.25) is 0 Å². The standard InChI is InChI=1S/C9H7FN2O/c1-12-4-7-8(10)2-6(5-13)3-9(7)11-12/h2-5H,1H3. The maximum Gasteiger partial charge on any atom is 0.150 e. The predicted molar refractivity (Wildman–Crippen MR) is 46.1 cm³/mol. The summed E-state index contributed by atoms with van der Waals surface area (Å²) in [6.45, 7) is 0. The monoisotopic (exact) mass is 178 g/mol. The van der Waals surface area contributed by atoms with Gasteiger partial charge in [-0.2, -0.15) is 5.10 Å². The number of carbonyl (C=O) groups is 1. The topological polar surface area (TPSA) is 34.9 Å². The molecule has 1 aromatic carbocycles. The second-order valence-corrected chi connectivity index (χ2v) is 2.86.